The van der Waals surface area contributed by atoms with Crippen LogP contribution in [-0.4, -0.2) is 158 Å². The molecule has 6 saturated carbocycles. The summed E-state index contributed by atoms with van der Waals surface area (Å²) in [6, 6.07) is 38.2. The van der Waals surface area contributed by atoms with Crippen molar-refractivity contribution < 1.29 is 56.8 Å². The number of hydrogen-bond donors (Lipinski definition) is 3. The fourth-order valence-electron chi connectivity index (χ4n) is 17.7. The molecule has 4 N–H and O–H groups in total. The minimum Gasteiger partial charge on any atom is -0.474 e. The molecule has 648 valence electrons. The summed E-state index contributed by atoms with van der Waals surface area (Å²) in [5.74, 6) is 2.00. The first-order valence-corrected chi connectivity index (χ1v) is 44.8. The summed E-state index contributed by atoms with van der Waals surface area (Å²) in [5, 5.41) is 13.1. The average molecular weight is 1730 g/mol. The van der Waals surface area contributed by atoms with Gasteiger partial charge in [0.1, 0.15) is 29.5 Å². The van der Waals surface area contributed by atoms with Crippen LogP contribution >= 0.6 is 15.9 Å². The Kier molecular flexibility index (Phi) is 25.9. The van der Waals surface area contributed by atoms with Crippen LogP contribution in [0.1, 0.15) is 185 Å². The number of ether oxygens (including phenoxy) is 8. The molecule has 123 heavy (non-hydrogen) atoms. The number of pyridine rings is 6. The summed E-state index contributed by atoms with van der Waals surface area (Å²) in [7, 11) is 5.94. The molecule has 0 unspecified atom stereocenters. The molecule has 0 bridgehead atoms. The van der Waals surface area contributed by atoms with Gasteiger partial charge >= 0.3 is 19.3 Å². The molecular weight excluding hydrogens is 1620 g/mol. The molecule has 12 aromatic rings. The van der Waals surface area contributed by atoms with E-state index in [4.69, 9.17) is 52.9 Å². The van der Waals surface area contributed by atoms with Gasteiger partial charge in [0.2, 0.25) is 17.6 Å². The molecule has 7 aliphatic rings. The summed E-state index contributed by atoms with van der Waals surface area (Å²) in [6.45, 7) is 19.6. The predicted octanol–water partition coefficient (Wildman–Crippen LogP) is 19.2. The summed E-state index contributed by atoms with van der Waals surface area (Å²) < 4.78 is 67.4. The third kappa shape index (κ3) is 20.9. The molecule has 24 nitrogen and oxygen atoms in total. The number of fused-ring (bicyclic) bond motifs is 9. The van der Waals surface area contributed by atoms with E-state index in [0.29, 0.717) is 35.9 Å². The smallest absolute Gasteiger partial charge is 0.474 e. The number of nitrogens with one attached hydrogen (secondary N) is 2. The van der Waals surface area contributed by atoms with Gasteiger partial charge in [0, 0.05) is 216 Å². The zero-order valence-corrected chi connectivity index (χ0v) is 74.8. The molecule has 0 atom stereocenters. The zero-order chi connectivity index (χ0) is 86.1. The number of nitrogens with zero attached hydrogens (tertiary/aromatic N) is 9. The van der Waals surface area contributed by atoms with Crippen molar-refractivity contribution in [3.05, 3.63) is 169 Å². The van der Waals surface area contributed by atoms with Crippen LogP contribution in [0.25, 0.3) is 87.7 Å². The van der Waals surface area contributed by atoms with Gasteiger partial charge in [-0.15, -0.1) is 0 Å². The molecule has 0 spiro atoms. The summed E-state index contributed by atoms with van der Waals surface area (Å²) >= 11 is 3.37. The normalized spacial score (nSPS) is 24.2. The lowest BCUT2D eigenvalue weighted by Crippen LogP contribution is -2.45. The van der Waals surface area contributed by atoms with Gasteiger partial charge < -0.3 is 77.3 Å². The third-order valence-corrected chi connectivity index (χ3v) is 26.0. The summed E-state index contributed by atoms with van der Waals surface area (Å²) in [5.41, 5.74) is 16.9. The van der Waals surface area contributed by atoms with Crippen molar-refractivity contribution in [2.24, 2.45) is 26.9 Å². The fraction of sp³-hybridized carbons (Fsp3) is 0.485. The topological polar surface area (TPSA) is 269 Å². The summed E-state index contributed by atoms with van der Waals surface area (Å²) in [6.07, 6.45) is 35.7. The van der Waals surface area contributed by atoms with E-state index in [1.165, 1.54) is 65.4 Å². The van der Waals surface area contributed by atoms with Gasteiger partial charge in [-0.05, 0) is 233 Å². The lowest BCUT2D eigenvalue weighted by molar-refractivity contribution is -0.107. The molecule has 10 heterocycles. The highest BCUT2D eigenvalue weighted by Gasteiger charge is 2.52. The van der Waals surface area contributed by atoms with Crippen LogP contribution in [0.5, 0.6) is 17.6 Å². The maximum absolute atomic E-state index is 12.0. The maximum atomic E-state index is 12.0. The molecule has 7 fully saturated rings. The second-order valence-electron chi connectivity index (χ2n) is 37.5. The number of alkyl carbamates (subject to hydrolysis) is 2. The second kappa shape index (κ2) is 36.8. The molecule has 9 aromatic heterocycles. The Hall–Kier alpha value is -9.80. The first-order valence-electron chi connectivity index (χ1n) is 44.0. The van der Waals surface area contributed by atoms with Crippen LogP contribution in [0.4, 0.5) is 9.59 Å². The Morgan fingerprint density at radius 1 is 0.407 bits per heavy atom. The van der Waals surface area contributed by atoms with Crippen LogP contribution in [-0.2, 0) is 54.1 Å². The molecule has 26 heteroatoms. The monoisotopic (exact) mass is 1730 g/mol. The number of rotatable bonds is 17. The number of aromatic nitrogens is 9. The second-order valence-corrected chi connectivity index (χ2v) is 38.4. The maximum Gasteiger partial charge on any atom is 0.494 e. The number of aryl methyl sites for hydroxylation is 3. The van der Waals surface area contributed by atoms with E-state index in [1.54, 1.807) is 6.20 Å². The summed E-state index contributed by atoms with van der Waals surface area (Å²) in [4.78, 5) is 50.1. The molecule has 1 saturated heterocycles. The van der Waals surface area contributed by atoms with Crippen molar-refractivity contribution in [1.29, 1.82) is 0 Å². The number of nitrogens with two attached hydrogens (primary N) is 1. The van der Waals surface area contributed by atoms with Gasteiger partial charge in [0.15, 0.2) is 0 Å². The Balaban J connectivity index is 0.000000124. The highest BCUT2D eigenvalue weighted by atomic mass is 79.9. The molecular formula is C97H118BBrN12O12. The quantitative estimate of drug-likeness (QED) is 0.0715. The van der Waals surface area contributed by atoms with Crippen LogP contribution < -0.4 is 36.0 Å². The molecule has 6 aliphatic carbocycles. The van der Waals surface area contributed by atoms with Gasteiger partial charge in [0.05, 0.1) is 64.4 Å². The SMILES string of the molecule is CC(C)(C)OC(=O)NC1CCC(OC2CC(Oc3ccc(Br)cn3)C2)CC1.Cn1c2ccncc2c2ccc(-c3ccc(OC4CC(OC5CCC(N)CC5)C4)nc3)cc21.Cn1c2ccncc2c2ccc(-c3ccc(OC4CC(OC5CCC(NC(=O)OC(C)(C)C)CC5)C4)nc3)cc21.Cn1c2ccncc2c2ccc(B3OC(C)(C)C(C)(C)O3)cc21. The number of amides is 2. The van der Waals surface area contributed by atoms with Gasteiger partial charge in [0.25, 0.3) is 0 Å². The Bertz CT molecular complexity index is 5640. The van der Waals surface area contributed by atoms with E-state index in [9.17, 15) is 9.59 Å². The van der Waals surface area contributed by atoms with Crippen LogP contribution in [0.3, 0.4) is 0 Å². The minimum atomic E-state index is -0.476. The zero-order valence-electron chi connectivity index (χ0n) is 73.2. The lowest BCUT2D eigenvalue weighted by Gasteiger charge is -2.39. The Morgan fingerprint density at radius 2 is 0.748 bits per heavy atom. The standard InChI is InChI=1S/C32H38N4O4.C27H30N4O2.C20H29BrN2O4.C18H21BN2O2/c1-32(2,3)40-31(37)35-22-7-9-23(10-8-22)38-24-16-25(17-24)39-30-12-6-21(18-34-30)20-5-11-26-27-19-33-14-13-28(27)36(4)29(26)15-20;1-31-25-10-11-29-16-24(25)23-8-2-17(12-26(23)31)18-3-9-27(30-15-18)33-22-13-21(14-22)32-20-6-4-19(28)5-7-20;1-20(2,3)27-19(24)23-14-5-7-15(8-6-14)25-16-10-17(11-16)26-18-9-4-13(21)12-22-18;1-17(2)18(3,4)23-19(22-17)12-6-7-13-14-11-20-9-8-15(14)21(5)16(13)10-12/h5-6,11-15,18-19,22-25H,7-10,16-17H2,1-4H3,(H,35,37);2-3,8-12,15-16,19-22H,4-7,13-14,28H2,1H3;4,9,12,14-17H,5-8,10-11H2,1-3H3,(H,23,24);6-11H,1-5H3. The van der Waals surface area contributed by atoms with E-state index < -0.39 is 11.2 Å². The van der Waals surface area contributed by atoms with Crippen LogP contribution in [0.15, 0.2) is 169 Å². The minimum absolute atomic E-state index is 0.134. The van der Waals surface area contributed by atoms with Crippen molar-refractivity contribution >= 4 is 106 Å². The van der Waals surface area contributed by atoms with Crippen LogP contribution in [0, 0.1) is 0 Å². The number of carbonyl (C=O) groups is 2. The molecule has 1 aliphatic heterocycles. The molecule has 19 rings (SSSR count). The number of halogens is 1. The van der Waals surface area contributed by atoms with E-state index >= 15 is 0 Å². The lowest BCUT2D eigenvalue weighted by atomic mass is 9.79. The van der Waals surface area contributed by atoms with Gasteiger partial charge in [-0.25, -0.2) is 24.5 Å². The van der Waals surface area contributed by atoms with Crippen molar-refractivity contribution in [2.45, 2.75) is 280 Å². The molecule has 3 aromatic carbocycles. The Labute approximate surface area is 729 Å². The predicted molar refractivity (Wildman–Crippen MR) is 485 cm³/mol. The average Bonchev–Trinajstić information content (AvgIpc) is 1.63. The van der Waals surface area contributed by atoms with Crippen LogP contribution in [0.2, 0.25) is 0 Å². The van der Waals surface area contributed by atoms with Gasteiger partial charge in [-0.2, -0.15) is 0 Å². The largest absolute Gasteiger partial charge is 0.494 e. The van der Waals surface area contributed by atoms with E-state index in [-0.39, 0.29) is 85.3 Å². The van der Waals surface area contributed by atoms with E-state index in [0.717, 1.165) is 148 Å². The van der Waals surface area contributed by atoms with Crippen molar-refractivity contribution in [1.82, 2.24) is 54.2 Å². The number of hydrogen-bond acceptors (Lipinski definition) is 19. The number of carbonyl (C=O) groups excluding carboxylic acids is 2. The van der Waals surface area contributed by atoms with Crippen molar-refractivity contribution in [3.63, 3.8) is 0 Å². The highest BCUT2D eigenvalue weighted by molar-refractivity contribution is 9.10. The highest BCUT2D eigenvalue weighted by Crippen LogP contribution is 2.41. The Morgan fingerprint density at radius 3 is 1.10 bits per heavy atom. The molecule has 2 amide bonds. The first kappa shape index (κ1) is 86.7. The van der Waals surface area contributed by atoms with E-state index in [1.807, 2.05) is 121 Å². The number of benzene rings is 3. The first-order chi connectivity index (χ1) is 58.9. The molecule has 0 radical (unpaired) electrons. The third-order valence-electron chi connectivity index (χ3n) is 25.5. The fourth-order valence-corrected chi connectivity index (χ4v) is 17.9. The van der Waals surface area contributed by atoms with Gasteiger partial charge in [-0.1, -0.05) is 36.4 Å². The van der Waals surface area contributed by atoms with E-state index in [2.05, 4.69) is 198 Å². The van der Waals surface area contributed by atoms with Gasteiger partial charge in [-0.3, -0.25) is 15.0 Å². The van der Waals surface area contributed by atoms with Crippen molar-refractivity contribution in [2.75, 3.05) is 0 Å². The van der Waals surface area contributed by atoms with Crippen molar-refractivity contribution in [3.8, 4) is 39.9 Å².